The van der Waals surface area contributed by atoms with Crippen LogP contribution in [-0.2, 0) is 13.5 Å². The van der Waals surface area contributed by atoms with Gasteiger partial charge in [-0.3, -0.25) is 14.8 Å². The van der Waals surface area contributed by atoms with Crippen LogP contribution in [0.15, 0.2) is 23.0 Å². The van der Waals surface area contributed by atoms with E-state index in [1.807, 2.05) is 11.4 Å². The minimum Gasteiger partial charge on any atom is -0.363 e. The first kappa shape index (κ1) is 11.6. The van der Waals surface area contributed by atoms with E-state index in [-0.39, 0.29) is 5.69 Å². The Balaban J connectivity index is 1.96. The van der Waals surface area contributed by atoms with Gasteiger partial charge in [-0.25, -0.2) is 0 Å². The second-order valence-electron chi connectivity index (χ2n) is 3.60. The molecule has 0 spiro atoms. The number of anilines is 1. The van der Waals surface area contributed by atoms with Crippen molar-refractivity contribution in [3.8, 4) is 0 Å². The Hall–Kier alpha value is -1.89. The summed E-state index contributed by atoms with van der Waals surface area (Å²) in [4.78, 5) is 10.3. The van der Waals surface area contributed by atoms with Crippen LogP contribution in [0.3, 0.4) is 0 Å². The molecule has 0 amide bonds. The molecule has 0 radical (unpaired) electrons. The molecule has 2 aromatic rings. The van der Waals surface area contributed by atoms with E-state index in [4.69, 9.17) is 0 Å². The fraction of sp³-hybridized carbons (Fsp3) is 0.300. The van der Waals surface area contributed by atoms with Crippen molar-refractivity contribution in [1.82, 2.24) is 9.78 Å². The molecular weight excluding hydrogens is 240 g/mol. The molecule has 0 saturated heterocycles. The highest BCUT2D eigenvalue weighted by Crippen LogP contribution is 2.21. The van der Waals surface area contributed by atoms with Crippen molar-refractivity contribution >= 4 is 22.8 Å². The second-order valence-corrected chi connectivity index (χ2v) is 4.38. The van der Waals surface area contributed by atoms with Crippen molar-refractivity contribution in [3.63, 3.8) is 0 Å². The normalized spacial score (nSPS) is 10.4. The molecule has 1 N–H and O–H groups in total. The second kappa shape index (κ2) is 4.96. The van der Waals surface area contributed by atoms with Gasteiger partial charge < -0.3 is 5.32 Å². The molecule has 0 aliphatic carbocycles. The maximum absolute atomic E-state index is 10.7. The molecule has 2 rings (SSSR count). The number of aromatic nitrogens is 2. The number of hydrogen-bond acceptors (Lipinski definition) is 5. The van der Waals surface area contributed by atoms with E-state index in [9.17, 15) is 10.1 Å². The Labute approximate surface area is 102 Å². The van der Waals surface area contributed by atoms with Crippen molar-refractivity contribution in [1.29, 1.82) is 0 Å². The number of nitrogens with zero attached hydrogens (tertiary/aromatic N) is 3. The van der Waals surface area contributed by atoms with E-state index < -0.39 is 4.92 Å². The van der Waals surface area contributed by atoms with Crippen molar-refractivity contribution in [2.24, 2.45) is 7.05 Å². The van der Waals surface area contributed by atoms with Crippen LogP contribution in [0.5, 0.6) is 0 Å². The molecule has 0 aromatic carbocycles. The first-order valence-electron chi connectivity index (χ1n) is 5.10. The maximum atomic E-state index is 10.7. The smallest absolute Gasteiger partial charge is 0.330 e. The van der Waals surface area contributed by atoms with Crippen LogP contribution in [0.25, 0.3) is 0 Å². The van der Waals surface area contributed by atoms with E-state index in [1.54, 1.807) is 18.4 Å². The summed E-state index contributed by atoms with van der Waals surface area (Å²) in [7, 11) is 1.66. The SMILES string of the molecule is Cn1cc([N+](=O)[O-])c(NCCc2ccsc2)n1. The molecule has 0 unspecified atom stereocenters. The van der Waals surface area contributed by atoms with Gasteiger partial charge in [-0.1, -0.05) is 0 Å². The molecule has 7 heteroatoms. The fourth-order valence-electron chi connectivity index (χ4n) is 1.50. The summed E-state index contributed by atoms with van der Waals surface area (Å²) in [6, 6.07) is 2.04. The van der Waals surface area contributed by atoms with Gasteiger partial charge in [-0.15, -0.1) is 5.10 Å². The Kier molecular flexibility index (Phi) is 3.38. The van der Waals surface area contributed by atoms with E-state index in [0.717, 1.165) is 6.42 Å². The number of nitrogens with one attached hydrogen (secondary N) is 1. The molecule has 90 valence electrons. The lowest BCUT2D eigenvalue weighted by Gasteiger charge is -2.00. The predicted octanol–water partition coefficient (Wildman–Crippen LogP) is 2.04. The fourth-order valence-corrected chi connectivity index (χ4v) is 2.20. The third-order valence-electron chi connectivity index (χ3n) is 2.29. The lowest BCUT2D eigenvalue weighted by Crippen LogP contribution is -2.06. The molecule has 0 atom stereocenters. The molecule has 0 saturated carbocycles. The molecule has 0 aliphatic heterocycles. The van der Waals surface area contributed by atoms with Crippen LogP contribution in [0.2, 0.25) is 0 Å². The van der Waals surface area contributed by atoms with E-state index in [0.29, 0.717) is 12.4 Å². The minimum atomic E-state index is -0.431. The highest BCUT2D eigenvalue weighted by molar-refractivity contribution is 7.07. The largest absolute Gasteiger partial charge is 0.363 e. The maximum Gasteiger partial charge on any atom is 0.330 e. The lowest BCUT2D eigenvalue weighted by atomic mass is 10.2. The molecule has 0 bridgehead atoms. The zero-order valence-corrected chi connectivity index (χ0v) is 10.1. The standard InChI is InChI=1S/C10H12N4O2S/c1-13-6-9(14(15)16)10(12-13)11-4-2-8-3-5-17-7-8/h3,5-7H,2,4H2,1H3,(H,11,12). The summed E-state index contributed by atoms with van der Waals surface area (Å²) in [6.45, 7) is 0.634. The number of thiophene rings is 1. The third kappa shape index (κ3) is 2.82. The van der Waals surface area contributed by atoms with Gasteiger partial charge in [0.15, 0.2) is 0 Å². The molecule has 6 nitrogen and oxygen atoms in total. The zero-order chi connectivity index (χ0) is 12.3. The first-order chi connectivity index (χ1) is 8.16. The number of rotatable bonds is 5. The summed E-state index contributed by atoms with van der Waals surface area (Å²) < 4.78 is 1.44. The van der Waals surface area contributed by atoms with Gasteiger partial charge in [0.2, 0.25) is 5.82 Å². The average Bonchev–Trinajstić information content (AvgIpc) is 2.88. The third-order valence-corrected chi connectivity index (χ3v) is 3.02. The van der Waals surface area contributed by atoms with Gasteiger partial charge in [-0.05, 0) is 28.8 Å². The van der Waals surface area contributed by atoms with E-state index in [1.165, 1.54) is 16.4 Å². The number of aryl methyl sites for hydroxylation is 1. The van der Waals surface area contributed by atoms with Crippen LogP contribution in [0, 0.1) is 10.1 Å². The summed E-state index contributed by atoms with van der Waals surface area (Å²) in [5.41, 5.74) is 1.24. The molecule has 0 aliphatic rings. The molecular formula is C10H12N4O2S. The van der Waals surface area contributed by atoms with Gasteiger partial charge in [0.1, 0.15) is 6.20 Å². The van der Waals surface area contributed by atoms with Gasteiger partial charge in [0, 0.05) is 13.6 Å². The van der Waals surface area contributed by atoms with Gasteiger partial charge in [0.25, 0.3) is 0 Å². The molecule has 0 fully saturated rings. The van der Waals surface area contributed by atoms with Crippen LogP contribution >= 0.6 is 11.3 Å². The number of nitro groups is 1. The minimum absolute atomic E-state index is 0.0119. The van der Waals surface area contributed by atoms with E-state index in [2.05, 4.69) is 15.8 Å². The van der Waals surface area contributed by atoms with Crippen molar-refractivity contribution in [3.05, 3.63) is 38.7 Å². The van der Waals surface area contributed by atoms with Crippen molar-refractivity contribution in [2.75, 3.05) is 11.9 Å². The van der Waals surface area contributed by atoms with Crippen molar-refractivity contribution < 1.29 is 4.92 Å². The molecule has 17 heavy (non-hydrogen) atoms. The first-order valence-corrected chi connectivity index (χ1v) is 6.04. The summed E-state index contributed by atoms with van der Waals surface area (Å²) in [5, 5.41) is 21.8. The molecule has 2 heterocycles. The quantitative estimate of drug-likeness (QED) is 0.653. The Morgan fingerprint density at radius 2 is 2.47 bits per heavy atom. The monoisotopic (exact) mass is 252 g/mol. The lowest BCUT2D eigenvalue weighted by molar-refractivity contribution is -0.384. The van der Waals surface area contributed by atoms with Crippen LogP contribution in [0.1, 0.15) is 5.56 Å². The molecule has 2 aromatic heterocycles. The highest BCUT2D eigenvalue weighted by Gasteiger charge is 2.17. The van der Waals surface area contributed by atoms with Crippen LogP contribution in [0.4, 0.5) is 11.5 Å². The van der Waals surface area contributed by atoms with Crippen LogP contribution < -0.4 is 5.32 Å². The van der Waals surface area contributed by atoms with Crippen LogP contribution in [-0.4, -0.2) is 21.2 Å². The predicted molar refractivity (Wildman–Crippen MR) is 66.4 cm³/mol. The van der Waals surface area contributed by atoms with Crippen molar-refractivity contribution in [2.45, 2.75) is 6.42 Å². The Morgan fingerprint density at radius 1 is 1.65 bits per heavy atom. The summed E-state index contributed by atoms with van der Waals surface area (Å²) in [6.07, 6.45) is 2.23. The summed E-state index contributed by atoms with van der Waals surface area (Å²) >= 11 is 1.64. The van der Waals surface area contributed by atoms with E-state index >= 15 is 0 Å². The Bertz CT molecular complexity index is 506. The summed E-state index contributed by atoms with van der Waals surface area (Å²) in [5.74, 6) is 0.327. The van der Waals surface area contributed by atoms with Gasteiger partial charge in [0.05, 0.1) is 4.92 Å². The topological polar surface area (TPSA) is 73.0 Å². The highest BCUT2D eigenvalue weighted by atomic mass is 32.1. The van der Waals surface area contributed by atoms with Gasteiger partial charge >= 0.3 is 5.69 Å². The zero-order valence-electron chi connectivity index (χ0n) is 9.29. The average molecular weight is 252 g/mol. The Morgan fingerprint density at radius 3 is 3.12 bits per heavy atom. The van der Waals surface area contributed by atoms with Gasteiger partial charge in [-0.2, -0.15) is 11.3 Å². The number of hydrogen-bond donors (Lipinski definition) is 1.